The van der Waals surface area contributed by atoms with Gasteiger partial charge in [0.25, 0.3) is 0 Å². The van der Waals surface area contributed by atoms with E-state index in [2.05, 4.69) is 38.6 Å². The number of hydrogen-bond acceptors (Lipinski definition) is 5. The van der Waals surface area contributed by atoms with Crippen LogP contribution in [0, 0.1) is 6.92 Å². The van der Waals surface area contributed by atoms with Gasteiger partial charge in [-0.15, -0.1) is 0 Å². The number of hydrogen-bond donors (Lipinski definition) is 1. The zero-order chi connectivity index (χ0) is 14.7. The monoisotopic (exact) mass is 280 g/mol. The zero-order valence-electron chi connectivity index (χ0n) is 12.0. The zero-order valence-corrected chi connectivity index (χ0v) is 12.0. The number of pyridine rings is 1. The molecule has 5 heteroatoms. The Morgan fingerprint density at radius 2 is 1.90 bits per heavy atom. The Morgan fingerprint density at radius 1 is 1.10 bits per heavy atom. The minimum Gasteiger partial charge on any atom is -0.338 e. The molecule has 21 heavy (non-hydrogen) atoms. The van der Waals surface area contributed by atoms with E-state index in [4.69, 9.17) is 4.52 Å². The molecule has 0 saturated heterocycles. The quantitative estimate of drug-likeness (QED) is 0.796. The Kier molecular flexibility index (Phi) is 3.75. The van der Waals surface area contributed by atoms with Gasteiger partial charge < -0.3 is 9.84 Å². The summed E-state index contributed by atoms with van der Waals surface area (Å²) < 4.78 is 5.23. The summed E-state index contributed by atoms with van der Waals surface area (Å²) in [5.74, 6) is 1.20. The highest BCUT2D eigenvalue weighted by Gasteiger charge is 2.11. The summed E-state index contributed by atoms with van der Waals surface area (Å²) in [4.78, 5) is 8.46. The molecule has 0 fully saturated rings. The first-order valence-corrected chi connectivity index (χ1v) is 6.76. The van der Waals surface area contributed by atoms with Crippen molar-refractivity contribution >= 4 is 0 Å². The molecule has 3 aromatic rings. The Hall–Kier alpha value is -2.53. The molecule has 0 aliphatic carbocycles. The van der Waals surface area contributed by atoms with Gasteiger partial charge in [0.1, 0.15) is 0 Å². The van der Waals surface area contributed by atoms with E-state index < -0.39 is 0 Å². The predicted molar refractivity (Wildman–Crippen MR) is 80.5 cm³/mol. The third-order valence-corrected chi connectivity index (χ3v) is 3.29. The molecule has 1 aromatic carbocycles. The fraction of sp³-hybridized carbons (Fsp3) is 0.188. The Labute approximate surface area is 123 Å². The first kappa shape index (κ1) is 13.5. The molecule has 2 aromatic heterocycles. The standard InChI is InChI=1S/C16H16N4O/c1-11-3-4-13(12-5-7-18-8-6-12)9-14(11)16-19-15(10-17-2)21-20-16/h3-9,17H,10H2,1-2H3. The SMILES string of the molecule is CNCc1nc(-c2cc(-c3ccncc3)ccc2C)no1. The van der Waals surface area contributed by atoms with Gasteiger partial charge in [-0.05, 0) is 48.9 Å². The molecule has 0 amide bonds. The van der Waals surface area contributed by atoms with E-state index in [0.717, 1.165) is 22.3 Å². The molecule has 5 nitrogen and oxygen atoms in total. The molecule has 0 aliphatic heterocycles. The molecule has 1 N–H and O–H groups in total. The summed E-state index contributed by atoms with van der Waals surface area (Å²) in [6.07, 6.45) is 3.57. The fourth-order valence-electron chi connectivity index (χ4n) is 2.17. The Balaban J connectivity index is 2.01. The van der Waals surface area contributed by atoms with Crippen molar-refractivity contribution in [3.63, 3.8) is 0 Å². The largest absolute Gasteiger partial charge is 0.338 e. The molecule has 0 aliphatic rings. The summed E-state index contributed by atoms with van der Waals surface area (Å²) in [5.41, 5.74) is 4.32. The lowest BCUT2D eigenvalue weighted by molar-refractivity contribution is 0.372. The molecular weight excluding hydrogens is 264 g/mol. The van der Waals surface area contributed by atoms with E-state index in [0.29, 0.717) is 18.3 Å². The van der Waals surface area contributed by atoms with E-state index in [1.165, 1.54) is 0 Å². The van der Waals surface area contributed by atoms with Crippen molar-refractivity contribution in [2.24, 2.45) is 0 Å². The van der Waals surface area contributed by atoms with Crippen LogP contribution in [0.15, 0.2) is 47.2 Å². The highest BCUT2D eigenvalue weighted by molar-refractivity contribution is 5.71. The second-order valence-electron chi connectivity index (χ2n) is 4.81. The van der Waals surface area contributed by atoms with Crippen LogP contribution in [0.1, 0.15) is 11.5 Å². The second kappa shape index (κ2) is 5.85. The fourth-order valence-corrected chi connectivity index (χ4v) is 2.17. The maximum Gasteiger partial charge on any atom is 0.240 e. The van der Waals surface area contributed by atoms with Gasteiger partial charge in [0.05, 0.1) is 6.54 Å². The summed E-state index contributed by atoms with van der Waals surface area (Å²) in [6, 6.07) is 10.2. The lowest BCUT2D eigenvalue weighted by Crippen LogP contribution is -2.04. The van der Waals surface area contributed by atoms with Crippen molar-refractivity contribution in [3.05, 3.63) is 54.2 Å². The van der Waals surface area contributed by atoms with Gasteiger partial charge in [0, 0.05) is 18.0 Å². The summed E-state index contributed by atoms with van der Waals surface area (Å²) in [7, 11) is 1.85. The van der Waals surface area contributed by atoms with Crippen LogP contribution < -0.4 is 5.32 Å². The van der Waals surface area contributed by atoms with Crippen LogP contribution in [0.2, 0.25) is 0 Å². The van der Waals surface area contributed by atoms with E-state index in [-0.39, 0.29) is 0 Å². The van der Waals surface area contributed by atoms with Gasteiger partial charge in [-0.3, -0.25) is 4.98 Å². The van der Waals surface area contributed by atoms with Gasteiger partial charge in [0.15, 0.2) is 0 Å². The van der Waals surface area contributed by atoms with Gasteiger partial charge in [-0.1, -0.05) is 17.3 Å². The summed E-state index contributed by atoms with van der Waals surface area (Å²) >= 11 is 0. The van der Waals surface area contributed by atoms with Crippen LogP contribution in [0.5, 0.6) is 0 Å². The smallest absolute Gasteiger partial charge is 0.240 e. The molecule has 0 radical (unpaired) electrons. The number of rotatable bonds is 4. The molecule has 3 rings (SSSR count). The molecule has 0 atom stereocenters. The molecule has 0 bridgehead atoms. The van der Waals surface area contributed by atoms with Crippen molar-refractivity contribution in [3.8, 4) is 22.5 Å². The third-order valence-electron chi connectivity index (χ3n) is 3.29. The molecule has 2 heterocycles. The molecule has 106 valence electrons. The van der Waals surface area contributed by atoms with Crippen molar-refractivity contribution < 1.29 is 4.52 Å². The van der Waals surface area contributed by atoms with Crippen molar-refractivity contribution in [2.75, 3.05) is 7.05 Å². The molecule has 0 unspecified atom stereocenters. The lowest BCUT2D eigenvalue weighted by Gasteiger charge is -2.06. The van der Waals surface area contributed by atoms with Crippen LogP contribution in [-0.2, 0) is 6.54 Å². The van der Waals surface area contributed by atoms with Crippen LogP contribution in [-0.4, -0.2) is 22.2 Å². The lowest BCUT2D eigenvalue weighted by atomic mass is 10.0. The maximum atomic E-state index is 5.23. The number of benzene rings is 1. The molecule has 0 spiro atoms. The molecule has 0 saturated carbocycles. The Morgan fingerprint density at radius 3 is 2.67 bits per heavy atom. The summed E-state index contributed by atoms with van der Waals surface area (Å²) in [6.45, 7) is 2.61. The normalized spacial score (nSPS) is 10.8. The van der Waals surface area contributed by atoms with Crippen LogP contribution in [0.25, 0.3) is 22.5 Å². The van der Waals surface area contributed by atoms with Crippen molar-refractivity contribution in [1.29, 1.82) is 0 Å². The first-order chi connectivity index (χ1) is 10.3. The van der Waals surface area contributed by atoms with Gasteiger partial charge in [-0.2, -0.15) is 4.98 Å². The van der Waals surface area contributed by atoms with E-state index >= 15 is 0 Å². The number of nitrogens with zero attached hydrogens (tertiary/aromatic N) is 3. The first-order valence-electron chi connectivity index (χ1n) is 6.76. The number of aryl methyl sites for hydroxylation is 1. The van der Waals surface area contributed by atoms with Crippen molar-refractivity contribution in [2.45, 2.75) is 13.5 Å². The number of aromatic nitrogens is 3. The van der Waals surface area contributed by atoms with E-state index in [1.54, 1.807) is 12.4 Å². The highest BCUT2D eigenvalue weighted by atomic mass is 16.5. The van der Waals surface area contributed by atoms with E-state index in [9.17, 15) is 0 Å². The van der Waals surface area contributed by atoms with Crippen LogP contribution in [0.4, 0.5) is 0 Å². The average molecular weight is 280 g/mol. The van der Waals surface area contributed by atoms with Crippen LogP contribution in [0.3, 0.4) is 0 Å². The van der Waals surface area contributed by atoms with Gasteiger partial charge in [-0.25, -0.2) is 0 Å². The second-order valence-corrected chi connectivity index (χ2v) is 4.81. The highest BCUT2D eigenvalue weighted by Crippen LogP contribution is 2.27. The Bertz CT molecular complexity index is 737. The van der Waals surface area contributed by atoms with Crippen molar-refractivity contribution in [1.82, 2.24) is 20.4 Å². The topological polar surface area (TPSA) is 63.8 Å². The van der Waals surface area contributed by atoms with E-state index in [1.807, 2.05) is 26.1 Å². The predicted octanol–water partition coefficient (Wildman–Crippen LogP) is 2.83. The molecular formula is C16H16N4O. The maximum absolute atomic E-state index is 5.23. The number of nitrogens with one attached hydrogen (secondary N) is 1. The summed E-state index contributed by atoms with van der Waals surface area (Å²) in [5, 5.41) is 7.06. The average Bonchev–Trinajstić information content (AvgIpc) is 2.97. The third kappa shape index (κ3) is 2.83. The van der Waals surface area contributed by atoms with Gasteiger partial charge in [0.2, 0.25) is 11.7 Å². The minimum atomic E-state index is 0.566. The van der Waals surface area contributed by atoms with Crippen LogP contribution >= 0.6 is 0 Å². The van der Waals surface area contributed by atoms with Gasteiger partial charge >= 0.3 is 0 Å². The minimum absolute atomic E-state index is 0.566.